The molecule has 0 unspecified atom stereocenters. The predicted molar refractivity (Wildman–Crippen MR) is 148 cm³/mol. The van der Waals surface area contributed by atoms with Crippen LogP contribution in [0.3, 0.4) is 0 Å². The molecule has 1 N–H and O–H groups in total. The Morgan fingerprint density at radius 2 is 1.70 bits per heavy atom. The predicted octanol–water partition coefficient (Wildman–Crippen LogP) is 6.98. The molecule has 0 radical (unpaired) electrons. The van der Waals surface area contributed by atoms with Gasteiger partial charge in [0.05, 0.1) is 24.2 Å². The second kappa shape index (κ2) is 13.1. The summed E-state index contributed by atoms with van der Waals surface area (Å²) < 4.78 is 57.2. The SMILES string of the molecule is CC(C)Cn1c(CNC(=O)OC(C)(C)C)c(OCCCC(F)(F)F)c2cc(OCc3ccccc3)ccc2c1=O. The van der Waals surface area contributed by atoms with Crippen LogP contribution < -0.4 is 20.3 Å². The number of alkyl carbamates (subject to hydrolysis) is 1. The molecule has 0 atom stereocenters. The lowest BCUT2D eigenvalue weighted by Gasteiger charge is -2.23. The van der Waals surface area contributed by atoms with Crippen molar-refractivity contribution in [3.63, 3.8) is 0 Å². The molecule has 0 bridgehead atoms. The number of alkyl halides is 3. The molecule has 0 aliphatic rings. The van der Waals surface area contributed by atoms with Crippen molar-refractivity contribution in [1.29, 1.82) is 0 Å². The van der Waals surface area contributed by atoms with Crippen LogP contribution in [-0.2, 0) is 24.4 Å². The molecule has 0 saturated carbocycles. The number of fused-ring (bicyclic) bond motifs is 1. The van der Waals surface area contributed by atoms with Gasteiger partial charge in [0.15, 0.2) is 0 Å². The van der Waals surface area contributed by atoms with E-state index in [1.807, 2.05) is 44.2 Å². The Morgan fingerprint density at radius 3 is 2.33 bits per heavy atom. The zero-order chi connectivity index (χ0) is 29.5. The summed E-state index contributed by atoms with van der Waals surface area (Å²) in [5.74, 6) is 0.740. The normalized spacial score (nSPS) is 12.0. The van der Waals surface area contributed by atoms with Crippen molar-refractivity contribution >= 4 is 16.9 Å². The van der Waals surface area contributed by atoms with Crippen molar-refractivity contribution in [2.24, 2.45) is 5.92 Å². The molecule has 0 spiro atoms. The number of hydrogen-bond acceptors (Lipinski definition) is 5. The fourth-order valence-electron chi connectivity index (χ4n) is 4.09. The van der Waals surface area contributed by atoms with Crippen LogP contribution in [0.5, 0.6) is 11.5 Å². The highest BCUT2D eigenvalue weighted by molar-refractivity contribution is 5.90. The van der Waals surface area contributed by atoms with Gasteiger partial charge in [-0.25, -0.2) is 4.79 Å². The largest absolute Gasteiger partial charge is 0.491 e. The van der Waals surface area contributed by atoms with Crippen molar-refractivity contribution in [2.75, 3.05) is 6.61 Å². The van der Waals surface area contributed by atoms with Gasteiger partial charge in [0, 0.05) is 18.4 Å². The third-order valence-corrected chi connectivity index (χ3v) is 5.75. The Kier molecular flexibility index (Phi) is 10.1. The minimum Gasteiger partial charge on any atom is -0.491 e. The molecule has 0 saturated heterocycles. The smallest absolute Gasteiger partial charge is 0.407 e. The summed E-state index contributed by atoms with van der Waals surface area (Å²) in [6.45, 7) is 9.28. The number of nitrogens with one attached hydrogen (secondary N) is 1. The average molecular weight is 563 g/mol. The van der Waals surface area contributed by atoms with E-state index in [0.29, 0.717) is 28.8 Å². The van der Waals surface area contributed by atoms with Gasteiger partial charge in [-0.05, 0) is 56.9 Å². The highest BCUT2D eigenvalue weighted by atomic mass is 19.4. The molecular weight excluding hydrogens is 525 g/mol. The fourth-order valence-corrected chi connectivity index (χ4v) is 4.09. The summed E-state index contributed by atoms with van der Waals surface area (Å²) >= 11 is 0. The van der Waals surface area contributed by atoms with E-state index < -0.39 is 24.3 Å². The van der Waals surface area contributed by atoms with Gasteiger partial charge in [0.1, 0.15) is 23.7 Å². The molecule has 3 aromatic rings. The van der Waals surface area contributed by atoms with Gasteiger partial charge >= 0.3 is 12.3 Å². The molecular formula is C30H37F3N2O5. The molecule has 7 nitrogen and oxygen atoms in total. The maximum atomic E-state index is 13.6. The number of ether oxygens (including phenoxy) is 3. The maximum absolute atomic E-state index is 13.6. The van der Waals surface area contributed by atoms with Crippen LogP contribution in [0.25, 0.3) is 10.8 Å². The Bertz CT molecular complexity index is 1350. The van der Waals surface area contributed by atoms with Crippen LogP contribution in [0.1, 0.15) is 58.7 Å². The molecule has 0 aliphatic carbocycles. The molecule has 1 heterocycles. The van der Waals surface area contributed by atoms with E-state index in [0.717, 1.165) is 5.56 Å². The lowest BCUT2D eigenvalue weighted by Crippen LogP contribution is -2.35. The van der Waals surface area contributed by atoms with E-state index in [9.17, 15) is 22.8 Å². The molecule has 40 heavy (non-hydrogen) atoms. The summed E-state index contributed by atoms with van der Waals surface area (Å²) in [7, 11) is 0. The summed E-state index contributed by atoms with van der Waals surface area (Å²) in [4.78, 5) is 26.1. The van der Waals surface area contributed by atoms with Gasteiger partial charge in [0.2, 0.25) is 0 Å². The topological polar surface area (TPSA) is 78.8 Å². The third kappa shape index (κ3) is 9.20. The lowest BCUT2D eigenvalue weighted by molar-refractivity contribution is -0.136. The van der Waals surface area contributed by atoms with Crippen LogP contribution in [0.4, 0.5) is 18.0 Å². The van der Waals surface area contributed by atoms with E-state index in [2.05, 4.69) is 5.32 Å². The molecule has 3 rings (SSSR count). The number of pyridine rings is 1. The number of carbonyl (C=O) groups excluding carboxylic acids is 1. The zero-order valence-corrected chi connectivity index (χ0v) is 23.6. The number of nitrogens with zero attached hydrogens (tertiary/aromatic N) is 1. The van der Waals surface area contributed by atoms with Gasteiger partial charge in [-0.15, -0.1) is 0 Å². The Labute approximate surface area is 232 Å². The van der Waals surface area contributed by atoms with Crippen LogP contribution >= 0.6 is 0 Å². The first kappa shape index (κ1) is 30.8. The standard InChI is InChI=1S/C30H37F3N2O5/c1-20(2)18-35-25(17-34-28(37)40-29(3,4)5)26(38-15-9-14-30(31,32)33)24-16-22(12-13-23(24)27(35)36)39-19-21-10-7-6-8-11-21/h6-8,10-13,16,20H,9,14-15,17-19H2,1-5H3,(H,34,37). The first-order valence-electron chi connectivity index (χ1n) is 13.3. The van der Waals surface area contributed by atoms with E-state index in [1.165, 1.54) is 4.57 Å². The number of aromatic nitrogens is 1. The van der Waals surface area contributed by atoms with Crippen molar-refractivity contribution in [1.82, 2.24) is 9.88 Å². The fraction of sp³-hybridized carbons (Fsp3) is 0.467. The first-order chi connectivity index (χ1) is 18.7. The number of carbonyl (C=O) groups is 1. The van der Waals surface area contributed by atoms with Crippen molar-refractivity contribution in [3.8, 4) is 11.5 Å². The molecule has 0 aliphatic heterocycles. The highest BCUT2D eigenvalue weighted by Crippen LogP contribution is 2.32. The number of amides is 1. The van der Waals surface area contributed by atoms with E-state index >= 15 is 0 Å². The Balaban J connectivity index is 2.06. The van der Waals surface area contributed by atoms with Crippen LogP contribution in [0.15, 0.2) is 53.3 Å². The summed E-state index contributed by atoms with van der Waals surface area (Å²) in [5.41, 5.74) is 0.236. The monoisotopic (exact) mass is 562 g/mol. The number of rotatable bonds is 11. The van der Waals surface area contributed by atoms with E-state index in [1.54, 1.807) is 39.0 Å². The van der Waals surface area contributed by atoms with E-state index in [-0.39, 0.29) is 43.4 Å². The van der Waals surface area contributed by atoms with Crippen molar-refractivity contribution < 1.29 is 32.2 Å². The van der Waals surface area contributed by atoms with Gasteiger partial charge in [-0.3, -0.25) is 4.79 Å². The minimum atomic E-state index is -4.32. The molecule has 10 heteroatoms. The van der Waals surface area contributed by atoms with E-state index in [4.69, 9.17) is 14.2 Å². The van der Waals surface area contributed by atoms with Gasteiger partial charge in [-0.1, -0.05) is 44.2 Å². The number of benzene rings is 2. The quantitative estimate of drug-likeness (QED) is 0.255. The van der Waals surface area contributed by atoms with Crippen molar-refractivity contribution in [3.05, 3.63) is 70.1 Å². The summed E-state index contributed by atoms with van der Waals surface area (Å²) in [6, 6.07) is 14.5. The molecule has 1 amide bonds. The molecule has 2 aromatic carbocycles. The second-order valence-electron chi connectivity index (χ2n) is 11.0. The number of hydrogen-bond donors (Lipinski definition) is 1. The molecule has 0 fully saturated rings. The van der Waals surface area contributed by atoms with Gasteiger partial charge in [-0.2, -0.15) is 13.2 Å². The Hall–Kier alpha value is -3.69. The minimum absolute atomic E-state index is 0.0574. The molecule has 1 aromatic heterocycles. The summed E-state index contributed by atoms with van der Waals surface area (Å²) in [5, 5.41) is 3.39. The van der Waals surface area contributed by atoms with Crippen LogP contribution in [-0.4, -0.2) is 29.0 Å². The van der Waals surface area contributed by atoms with Crippen LogP contribution in [0, 0.1) is 5.92 Å². The Morgan fingerprint density at radius 1 is 1.00 bits per heavy atom. The van der Waals surface area contributed by atoms with Crippen molar-refractivity contribution in [2.45, 2.75) is 78.9 Å². The average Bonchev–Trinajstić information content (AvgIpc) is 2.85. The van der Waals surface area contributed by atoms with Crippen LogP contribution in [0.2, 0.25) is 0 Å². The highest BCUT2D eigenvalue weighted by Gasteiger charge is 2.27. The lowest BCUT2D eigenvalue weighted by atomic mass is 10.1. The van der Waals surface area contributed by atoms with Gasteiger partial charge in [0.25, 0.3) is 5.56 Å². The molecule has 218 valence electrons. The number of halogens is 3. The first-order valence-corrected chi connectivity index (χ1v) is 13.3. The summed E-state index contributed by atoms with van der Waals surface area (Å²) in [6.07, 6.45) is -6.29. The maximum Gasteiger partial charge on any atom is 0.407 e. The second-order valence-corrected chi connectivity index (χ2v) is 11.0. The van der Waals surface area contributed by atoms with Gasteiger partial charge < -0.3 is 24.1 Å². The third-order valence-electron chi connectivity index (χ3n) is 5.75. The zero-order valence-electron chi connectivity index (χ0n) is 23.6.